The van der Waals surface area contributed by atoms with Crippen molar-refractivity contribution in [2.24, 2.45) is 10.9 Å². The number of hydrogen-bond donors (Lipinski definition) is 2. The molecule has 6 nitrogen and oxygen atoms in total. The van der Waals surface area contributed by atoms with Crippen LogP contribution >= 0.6 is 0 Å². The van der Waals surface area contributed by atoms with Crippen LogP contribution in [0.2, 0.25) is 0 Å². The molecule has 0 radical (unpaired) electrons. The Morgan fingerprint density at radius 1 is 1.32 bits per heavy atom. The van der Waals surface area contributed by atoms with Gasteiger partial charge in [-0.05, 0) is 31.6 Å². The summed E-state index contributed by atoms with van der Waals surface area (Å²) in [5.74, 6) is 2.88. The van der Waals surface area contributed by atoms with Gasteiger partial charge in [0.05, 0.1) is 5.69 Å². The first-order valence-electron chi connectivity index (χ1n) is 9.99. The standard InChI is InChI=1S/C19H32N6/c1-14-11-25(16-6-7-16)13-17(14)23-19(20-2)21-9-8-15-12-24-10-4-3-5-18(24)22-15/h12,14,16-17H,3-11,13H2,1-2H3,(H2,20,21,23). The van der Waals surface area contributed by atoms with Gasteiger partial charge in [0.15, 0.2) is 5.96 Å². The summed E-state index contributed by atoms with van der Waals surface area (Å²) < 4.78 is 2.33. The minimum Gasteiger partial charge on any atom is -0.356 e. The van der Waals surface area contributed by atoms with Gasteiger partial charge in [-0.1, -0.05) is 6.92 Å². The van der Waals surface area contributed by atoms with Crippen LogP contribution in [0.1, 0.15) is 44.1 Å². The molecule has 2 atom stereocenters. The predicted molar refractivity (Wildman–Crippen MR) is 101 cm³/mol. The maximum Gasteiger partial charge on any atom is 0.191 e. The van der Waals surface area contributed by atoms with Crippen molar-refractivity contribution in [1.29, 1.82) is 0 Å². The first-order chi connectivity index (χ1) is 12.2. The number of hydrogen-bond acceptors (Lipinski definition) is 3. The molecule has 1 saturated heterocycles. The van der Waals surface area contributed by atoms with Gasteiger partial charge in [-0.15, -0.1) is 0 Å². The molecule has 2 fully saturated rings. The third-order valence-corrected chi connectivity index (χ3v) is 5.88. The van der Waals surface area contributed by atoms with Crippen LogP contribution in [0.25, 0.3) is 0 Å². The van der Waals surface area contributed by atoms with E-state index in [0.717, 1.165) is 44.5 Å². The lowest BCUT2D eigenvalue weighted by Crippen LogP contribution is -2.47. The molecule has 6 heteroatoms. The smallest absolute Gasteiger partial charge is 0.191 e. The minimum absolute atomic E-state index is 0.506. The van der Waals surface area contributed by atoms with E-state index in [0.29, 0.717) is 12.0 Å². The van der Waals surface area contributed by atoms with Gasteiger partial charge in [0, 0.05) is 64.3 Å². The molecule has 25 heavy (non-hydrogen) atoms. The van der Waals surface area contributed by atoms with Gasteiger partial charge in [-0.3, -0.25) is 9.89 Å². The lowest BCUT2D eigenvalue weighted by atomic mass is 10.1. The number of fused-ring (bicyclic) bond motifs is 1. The Balaban J connectivity index is 1.24. The molecule has 2 unspecified atom stereocenters. The maximum absolute atomic E-state index is 4.78. The monoisotopic (exact) mass is 344 g/mol. The van der Waals surface area contributed by atoms with Crippen molar-refractivity contribution in [3.05, 3.63) is 17.7 Å². The Kier molecular flexibility index (Phi) is 4.97. The highest BCUT2D eigenvalue weighted by molar-refractivity contribution is 5.80. The van der Waals surface area contributed by atoms with E-state index >= 15 is 0 Å². The Bertz CT molecular complexity index is 594. The second-order valence-electron chi connectivity index (χ2n) is 7.96. The molecule has 1 saturated carbocycles. The molecule has 1 aromatic heterocycles. The van der Waals surface area contributed by atoms with Crippen molar-refractivity contribution in [2.75, 3.05) is 26.7 Å². The number of nitrogens with one attached hydrogen (secondary N) is 2. The molecule has 3 aliphatic rings. The number of aliphatic imine (C=N–C) groups is 1. The van der Waals surface area contributed by atoms with E-state index < -0.39 is 0 Å². The van der Waals surface area contributed by atoms with Crippen LogP contribution in [0, 0.1) is 5.92 Å². The minimum atomic E-state index is 0.506. The van der Waals surface area contributed by atoms with Crippen molar-refractivity contribution in [2.45, 2.75) is 64.1 Å². The van der Waals surface area contributed by atoms with Gasteiger partial charge in [-0.25, -0.2) is 4.98 Å². The second-order valence-corrected chi connectivity index (χ2v) is 7.96. The van der Waals surface area contributed by atoms with Crippen LogP contribution in [0.15, 0.2) is 11.2 Å². The first kappa shape index (κ1) is 16.9. The number of guanidine groups is 1. The van der Waals surface area contributed by atoms with Crippen LogP contribution in [0.3, 0.4) is 0 Å². The first-order valence-corrected chi connectivity index (χ1v) is 9.99. The zero-order valence-electron chi connectivity index (χ0n) is 15.7. The summed E-state index contributed by atoms with van der Waals surface area (Å²) in [5, 5.41) is 7.11. The Morgan fingerprint density at radius 3 is 2.96 bits per heavy atom. The lowest BCUT2D eigenvalue weighted by Gasteiger charge is -2.20. The SMILES string of the molecule is CN=C(NCCc1cn2c(n1)CCCC2)NC1CN(C2CC2)CC1C. The highest BCUT2D eigenvalue weighted by Crippen LogP contribution is 2.31. The Labute approximate surface area is 151 Å². The molecule has 0 aromatic carbocycles. The van der Waals surface area contributed by atoms with E-state index in [2.05, 4.69) is 38.2 Å². The molecule has 1 aromatic rings. The van der Waals surface area contributed by atoms with Crippen molar-refractivity contribution in [3.8, 4) is 0 Å². The third kappa shape index (κ3) is 4.00. The van der Waals surface area contributed by atoms with E-state index in [1.54, 1.807) is 0 Å². The number of rotatable bonds is 5. The van der Waals surface area contributed by atoms with Gasteiger partial charge in [0.25, 0.3) is 0 Å². The highest BCUT2D eigenvalue weighted by atomic mass is 15.3. The molecule has 3 heterocycles. The summed E-state index contributed by atoms with van der Waals surface area (Å²) in [4.78, 5) is 11.8. The second kappa shape index (κ2) is 7.36. The van der Waals surface area contributed by atoms with Crippen molar-refractivity contribution < 1.29 is 0 Å². The summed E-state index contributed by atoms with van der Waals surface area (Å²) in [6.45, 7) is 6.74. The quantitative estimate of drug-likeness (QED) is 0.626. The average molecular weight is 345 g/mol. The average Bonchev–Trinajstić information content (AvgIpc) is 3.29. The van der Waals surface area contributed by atoms with Gasteiger partial charge >= 0.3 is 0 Å². The molecular weight excluding hydrogens is 312 g/mol. The van der Waals surface area contributed by atoms with Crippen molar-refractivity contribution >= 4 is 5.96 Å². The predicted octanol–water partition coefficient (Wildman–Crippen LogP) is 1.41. The molecule has 2 aliphatic heterocycles. The molecular formula is C19H32N6. The van der Waals surface area contributed by atoms with Gasteiger partial charge < -0.3 is 15.2 Å². The molecule has 0 amide bonds. The van der Waals surface area contributed by atoms with Crippen LogP contribution in [0.4, 0.5) is 0 Å². The molecule has 0 bridgehead atoms. The summed E-state index contributed by atoms with van der Waals surface area (Å²) in [6, 6.07) is 1.36. The van der Waals surface area contributed by atoms with Crippen LogP contribution in [0.5, 0.6) is 0 Å². The maximum atomic E-state index is 4.78. The highest BCUT2D eigenvalue weighted by Gasteiger charge is 2.38. The fraction of sp³-hybridized carbons (Fsp3) is 0.789. The molecule has 138 valence electrons. The van der Waals surface area contributed by atoms with E-state index in [9.17, 15) is 0 Å². The number of likely N-dealkylation sites (tertiary alicyclic amines) is 1. The summed E-state index contributed by atoms with van der Waals surface area (Å²) >= 11 is 0. The fourth-order valence-electron chi connectivity index (χ4n) is 4.20. The van der Waals surface area contributed by atoms with E-state index in [1.165, 1.54) is 43.7 Å². The number of nitrogens with zero attached hydrogens (tertiary/aromatic N) is 4. The third-order valence-electron chi connectivity index (χ3n) is 5.88. The number of imidazole rings is 1. The lowest BCUT2D eigenvalue weighted by molar-refractivity contribution is 0.315. The number of aromatic nitrogens is 2. The van der Waals surface area contributed by atoms with Crippen LogP contribution in [-0.2, 0) is 19.4 Å². The van der Waals surface area contributed by atoms with E-state index in [4.69, 9.17) is 4.98 Å². The molecule has 2 N–H and O–H groups in total. The Morgan fingerprint density at radius 2 is 2.20 bits per heavy atom. The summed E-state index contributed by atoms with van der Waals surface area (Å²) in [5.41, 5.74) is 1.20. The summed E-state index contributed by atoms with van der Waals surface area (Å²) in [7, 11) is 1.86. The molecule has 4 rings (SSSR count). The van der Waals surface area contributed by atoms with E-state index in [-0.39, 0.29) is 0 Å². The zero-order valence-corrected chi connectivity index (χ0v) is 15.7. The topological polar surface area (TPSA) is 57.5 Å². The van der Waals surface area contributed by atoms with Crippen molar-refractivity contribution in [1.82, 2.24) is 25.1 Å². The normalized spacial score (nSPS) is 27.4. The van der Waals surface area contributed by atoms with Gasteiger partial charge in [0.2, 0.25) is 0 Å². The molecule has 0 spiro atoms. The zero-order chi connectivity index (χ0) is 17.2. The van der Waals surface area contributed by atoms with Gasteiger partial charge in [-0.2, -0.15) is 0 Å². The van der Waals surface area contributed by atoms with Crippen LogP contribution in [-0.4, -0.2) is 59.2 Å². The summed E-state index contributed by atoms with van der Waals surface area (Å²) in [6.07, 6.45) is 9.67. The van der Waals surface area contributed by atoms with Crippen LogP contribution < -0.4 is 10.6 Å². The van der Waals surface area contributed by atoms with Gasteiger partial charge in [0.1, 0.15) is 5.82 Å². The van der Waals surface area contributed by atoms with E-state index in [1.807, 2.05) is 7.05 Å². The Hall–Kier alpha value is -1.56. The van der Waals surface area contributed by atoms with Crippen molar-refractivity contribution in [3.63, 3.8) is 0 Å². The molecule has 1 aliphatic carbocycles. The largest absolute Gasteiger partial charge is 0.356 e. The fourth-order valence-corrected chi connectivity index (χ4v) is 4.20. The number of aryl methyl sites for hydroxylation is 2.